The number of aliphatic imine (C=N–C) groups is 1. The molecule has 0 aliphatic carbocycles. The van der Waals surface area contributed by atoms with Gasteiger partial charge in [-0.1, -0.05) is 24.3 Å². The number of nitrogens with zero attached hydrogens (tertiary/aromatic N) is 1. The largest absolute Gasteiger partial charge is 0.481 e. The van der Waals surface area contributed by atoms with Gasteiger partial charge in [-0.05, 0) is 17.5 Å². The van der Waals surface area contributed by atoms with Gasteiger partial charge in [-0.3, -0.25) is 9.79 Å². The van der Waals surface area contributed by atoms with Gasteiger partial charge in [0.2, 0.25) is 0 Å². The lowest BCUT2D eigenvalue weighted by atomic mass is 9.97. The van der Waals surface area contributed by atoms with Crippen LogP contribution >= 0.6 is 0 Å². The highest BCUT2D eigenvalue weighted by molar-refractivity contribution is 5.83. The van der Waals surface area contributed by atoms with Gasteiger partial charge in [0, 0.05) is 6.21 Å². The third-order valence-corrected chi connectivity index (χ3v) is 2.35. The predicted molar refractivity (Wildman–Crippen MR) is 53.8 cm³/mol. The van der Waals surface area contributed by atoms with Crippen molar-refractivity contribution in [2.45, 2.75) is 18.9 Å². The molecule has 72 valence electrons. The number of rotatable bonds is 2. The molecule has 0 saturated carbocycles. The number of hydrogen-bond donors (Lipinski definition) is 1. The van der Waals surface area contributed by atoms with E-state index in [1.165, 1.54) is 5.56 Å². The van der Waals surface area contributed by atoms with Crippen LogP contribution in [0, 0.1) is 0 Å². The summed E-state index contributed by atoms with van der Waals surface area (Å²) in [4.78, 5) is 14.7. The average molecular weight is 189 g/mol. The van der Waals surface area contributed by atoms with Gasteiger partial charge in [-0.15, -0.1) is 0 Å². The molecule has 1 aliphatic rings. The minimum Gasteiger partial charge on any atom is -0.481 e. The molecule has 14 heavy (non-hydrogen) atoms. The minimum atomic E-state index is -0.786. The van der Waals surface area contributed by atoms with Crippen LogP contribution in [0.4, 0.5) is 0 Å². The lowest BCUT2D eigenvalue weighted by Gasteiger charge is -2.16. The SMILES string of the molecule is O=C(O)CC1Cc2ccccc2C=N1. The summed E-state index contributed by atoms with van der Waals surface area (Å²) in [6, 6.07) is 7.85. The molecule has 0 fully saturated rings. The van der Waals surface area contributed by atoms with Gasteiger partial charge in [0.05, 0.1) is 12.5 Å². The van der Waals surface area contributed by atoms with Crippen molar-refractivity contribution in [1.82, 2.24) is 0 Å². The highest BCUT2D eigenvalue weighted by atomic mass is 16.4. The fourth-order valence-electron chi connectivity index (χ4n) is 1.66. The zero-order valence-electron chi connectivity index (χ0n) is 7.68. The van der Waals surface area contributed by atoms with Crippen LogP contribution in [0.2, 0.25) is 0 Å². The summed E-state index contributed by atoms with van der Waals surface area (Å²) in [7, 11) is 0. The van der Waals surface area contributed by atoms with Crippen molar-refractivity contribution in [2.24, 2.45) is 4.99 Å². The summed E-state index contributed by atoms with van der Waals surface area (Å²) in [5, 5.41) is 8.64. The summed E-state index contributed by atoms with van der Waals surface area (Å²) >= 11 is 0. The molecule has 3 heteroatoms. The Hall–Kier alpha value is -1.64. The van der Waals surface area contributed by atoms with Crippen molar-refractivity contribution in [3.63, 3.8) is 0 Å². The Morgan fingerprint density at radius 2 is 2.29 bits per heavy atom. The molecule has 3 nitrogen and oxygen atoms in total. The standard InChI is InChI=1S/C11H11NO2/c13-11(14)6-10-5-8-3-1-2-4-9(8)7-12-10/h1-4,7,10H,5-6H2,(H,13,14). The summed E-state index contributed by atoms with van der Waals surface area (Å²) in [6.45, 7) is 0. The van der Waals surface area contributed by atoms with E-state index in [0.29, 0.717) is 0 Å². The Morgan fingerprint density at radius 3 is 3.07 bits per heavy atom. The van der Waals surface area contributed by atoms with E-state index >= 15 is 0 Å². The topological polar surface area (TPSA) is 49.7 Å². The highest BCUT2D eigenvalue weighted by Gasteiger charge is 2.16. The van der Waals surface area contributed by atoms with Crippen LogP contribution in [0.3, 0.4) is 0 Å². The van der Waals surface area contributed by atoms with E-state index in [4.69, 9.17) is 5.11 Å². The molecular weight excluding hydrogens is 178 g/mol. The molecule has 0 saturated heterocycles. The summed E-state index contributed by atoms with van der Waals surface area (Å²) in [5.41, 5.74) is 2.29. The second kappa shape index (κ2) is 3.62. The lowest BCUT2D eigenvalue weighted by molar-refractivity contribution is -0.137. The summed E-state index contributed by atoms with van der Waals surface area (Å²) in [6.07, 6.45) is 2.62. The zero-order valence-corrected chi connectivity index (χ0v) is 7.68. The molecule has 1 heterocycles. The summed E-state index contributed by atoms with van der Waals surface area (Å²) in [5.74, 6) is -0.786. The third-order valence-electron chi connectivity index (χ3n) is 2.35. The fraction of sp³-hybridized carbons (Fsp3) is 0.273. The van der Waals surface area contributed by atoms with E-state index in [1.807, 2.05) is 24.3 Å². The maximum Gasteiger partial charge on any atom is 0.305 e. The molecule has 0 spiro atoms. The van der Waals surface area contributed by atoms with E-state index in [1.54, 1.807) is 6.21 Å². The molecule has 2 rings (SSSR count). The second-order valence-electron chi connectivity index (χ2n) is 3.43. The van der Waals surface area contributed by atoms with Gasteiger partial charge in [0.15, 0.2) is 0 Å². The van der Waals surface area contributed by atoms with Crippen LogP contribution in [-0.4, -0.2) is 23.3 Å². The number of hydrogen-bond acceptors (Lipinski definition) is 2. The van der Waals surface area contributed by atoms with Gasteiger partial charge >= 0.3 is 5.97 Å². The quantitative estimate of drug-likeness (QED) is 0.766. The Balaban J connectivity index is 2.17. The second-order valence-corrected chi connectivity index (χ2v) is 3.43. The molecule has 1 aromatic carbocycles. The molecular formula is C11H11NO2. The molecule has 1 aromatic rings. The first kappa shape index (κ1) is 8.94. The number of fused-ring (bicyclic) bond motifs is 1. The van der Waals surface area contributed by atoms with Crippen LogP contribution in [0.1, 0.15) is 17.5 Å². The third kappa shape index (κ3) is 1.82. The number of carboxylic acids is 1. The predicted octanol–water partition coefficient (Wildman–Crippen LogP) is 1.50. The van der Waals surface area contributed by atoms with Crippen molar-refractivity contribution in [3.05, 3.63) is 35.4 Å². The van der Waals surface area contributed by atoms with Crippen molar-refractivity contribution in [2.75, 3.05) is 0 Å². The normalized spacial score (nSPS) is 19.0. The van der Waals surface area contributed by atoms with Crippen LogP contribution < -0.4 is 0 Å². The van der Waals surface area contributed by atoms with Gasteiger partial charge in [0.1, 0.15) is 0 Å². The maximum atomic E-state index is 10.5. The van der Waals surface area contributed by atoms with E-state index in [-0.39, 0.29) is 12.5 Å². The van der Waals surface area contributed by atoms with E-state index < -0.39 is 5.97 Å². The fourth-order valence-corrected chi connectivity index (χ4v) is 1.66. The monoisotopic (exact) mass is 189 g/mol. The molecule has 1 aliphatic heterocycles. The Bertz CT molecular complexity index is 385. The van der Waals surface area contributed by atoms with Gasteiger partial charge in [-0.2, -0.15) is 0 Å². The van der Waals surface area contributed by atoms with Crippen LogP contribution in [-0.2, 0) is 11.2 Å². The van der Waals surface area contributed by atoms with Gasteiger partial charge < -0.3 is 5.11 Å². The van der Waals surface area contributed by atoms with E-state index in [9.17, 15) is 4.79 Å². The molecule has 0 radical (unpaired) electrons. The number of benzene rings is 1. The van der Waals surface area contributed by atoms with Gasteiger partial charge in [-0.25, -0.2) is 0 Å². The first-order valence-corrected chi connectivity index (χ1v) is 4.58. The van der Waals surface area contributed by atoms with Crippen LogP contribution in [0.25, 0.3) is 0 Å². The van der Waals surface area contributed by atoms with Crippen molar-refractivity contribution < 1.29 is 9.90 Å². The Labute approximate surface area is 82.1 Å². The summed E-state index contributed by atoms with van der Waals surface area (Å²) < 4.78 is 0. The average Bonchev–Trinajstić information content (AvgIpc) is 2.17. The molecule has 1 N–H and O–H groups in total. The van der Waals surface area contributed by atoms with Crippen LogP contribution in [0.15, 0.2) is 29.3 Å². The molecule has 0 bridgehead atoms. The van der Waals surface area contributed by atoms with E-state index in [2.05, 4.69) is 4.99 Å². The zero-order chi connectivity index (χ0) is 9.97. The van der Waals surface area contributed by atoms with Crippen molar-refractivity contribution >= 4 is 12.2 Å². The van der Waals surface area contributed by atoms with Crippen molar-refractivity contribution in [3.8, 4) is 0 Å². The lowest BCUT2D eigenvalue weighted by Crippen LogP contribution is -2.18. The molecule has 0 aromatic heterocycles. The Kier molecular flexibility index (Phi) is 2.31. The molecule has 1 atom stereocenters. The molecule has 1 unspecified atom stereocenters. The number of carbonyl (C=O) groups is 1. The first-order valence-electron chi connectivity index (χ1n) is 4.58. The minimum absolute atomic E-state index is 0.0950. The first-order chi connectivity index (χ1) is 6.75. The van der Waals surface area contributed by atoms with E-state index in [0.717, 1.165) is 12.0 Å². The van der Waals surface area contributed by atoms with Gasteiger partial charge in [0.25, 0.3) is 0 Å². The smallest absolute Gasteiger partial charge is 0.305 e. The highest BCUT2D eigenvalue weighted by Crippen LogP contribution is 2.17. The van der Waals surface area contributed by atoms with Crippen molar-refractivity contribution in [1.29, 1.82) is 0 Å². The number of aliphatic carboxylic acids is 1. The molecule has 0 amide bonds. The van der Waals surface area contributed by atoms with Crippen LogP contribution in [0.5, 0.6) is 0 Å². The number of carboxylic acid groups (broad SMARTS) is 1. The maximum absolute atomic E-state index is 10.5. The Morgan fingerprint density at radius 1 is 1.50 bits per heavy atom.